The van der Waals surface area contributed by atoms with Gasteiger partial charge in [-0.25, -0.2) is 4.79 Å². The summed E-state index contributed by atoms with van der Waals surface area (Å²) in [6.07, 6.45) is 0. The second-order valence-electron chi connectivity index (χ2n) is 4.29. The Bertz CT molecular complexity index is 677. The van der Waals surface area contributed by atoms with Crippen molar-refractivity contribution >= 4 is 50.8 Å². The number of hydrogen-bond acceptors (Lipinski definition) is 3. The Morgan fingerprint density at radius 3 is 2.57 bits per heavy atom. The molecule has 0 aliphatic carbocycles. The molecule has 0 bridgehead atoms. The molecule has 0 radical (unpaired) electrons. The maximum absolute atomic E-state index is 11.6. The molecule has 2 rings (SSSR count). The summed E-state index contributed by atoms with van der Waals surface area (Å²) in [5.41, 5.74) is 2.17. The molecule has 6 heteroatoms. The zero-order valence-electron chi connectivity index (χ0n) is 11.1. The highest BCUT2D eigenvalue weighted by molar-refractivity contribution is 9.10. The number of nitrogens with one attached hydrogen (secondary N) is 1. The average molecular weight is 389 g/mol. The molecule has 0 saturated carbocycles. The van der Waals surface area contributed by atoms with E-state index in [1.807, 2.05) is 18.2 Å². The van der Waals surface area contributed by atoms with Gasteiger partial charge < -0.3 is 10.1 Å². The van der Waals surface area contributed by atoms with Gasteiger partial charge in [-0.3, -0.25) is 0 Å². The first-order valence-corrected chi connectivity index (χ1v) is 7.62. The summed E-state index contributed by atoms with van der Waals surface area (Å²) in [6.45, 7) is 0.595. The summed E-state index contributed by atoms with van der Waals surface area (Å²) in [5.74, 6) is -0.460. The van der Waals surface area contributed by atoms with Crippen molar-refractivity contribution in [3.63, 3.8) is 0 Å². The van der Waals surface area contributed by atoms with Crippen LogP contribution in [0.2, 0.25) is 10.0 Å². The number of benzene rings is 2. The molecule has 0 amide bonds. The number of halogens is 3. The largest absolute Gasteiger partial charge is 0.465 e. The molecule has 0 unspecified atom stereocenters. The number of rotatable bonds is 4. The minimum Gasteiger partial charge on any atom is -0.465 e. The van der Waals surface area contributed by atoms with Crippen LogP contribution in [0.1, 0.15) is 15.9 Å². The fourth-order valence-electron chi connectivity index (χ4n) is 1.76. The van der Waals surface area contributed by atoms with Crippen LogP contribution in [0.5, 0.6) is 0 Å². The van der Waals surface area contributed by atoms with Gasteiger partial charge in [0.15, 0.2) is 0 Å². The smallest absolute Gasteiger partial charge is 0.339 e. The minimum absolute atomic E-state index is 0.335. The normalized spacial score (nSPS) is 10.3. The fraction of sp³-hybridized carbons (Fsp3) is 0.133. The Labute approximate surface area is 141 Å². The number of anilines is 1. The molecule has 0 aliphatic heterocycles. The number of carbonyl (C=O) groups excluding carboxylic acids is 1. The topological polar surface area (TPSA) is 38.3 Å². The van der Waals surface area contributed by atoms with E-state index in [1.54, 1.807) is 18.2 Å². The molecular weight excluding hydrogens is 377 g/mol. The third-order valence-corrected chi connectivity index (χ3v) is 4.40. The second kappa shape index (κ2) is 7.16. The lowest BCUT2D eigenvalue weighted by Crippen LogP contribution is -2.05. The van der Waals surface area contributed by atoms with Crippen LogP contribution < -0.4 is 5.32 Å². The van der Waals surface area contributed by atoms with Crippen LogP contribution in [0.15, 0.2) is 40.9 Å². The van der Waals surface area contributed by atoms with Crippen LogP contribution in [-0.4, -0.2) is 13.1 Å². The van der Waals surface area contributed by atoms with Crippen LogP contribution in [0.25, 0.3) is 0 Å². The molecule has 1 N–H and O–H groups in total. The third-order valence-electron chi connectivity index (χ3n) is 2.85. The van der Waals surface area contributed by atoms with E-state index in [9.17, 15) is 4.79 Å². The number of carbonyl (C=O) groups is 1. The Kier molecular flexibility index (Phi) is 5.51. The molecule has 2 aromatic carbocycles. The monoisotopic (exact) mass is 387 g/mol. The summed E-state index contributed by atoms with van der Waals surface area (Å²) in [4.78, 5) is 11.6. The molecule has 0 aromatic heterocycles. The van der Waals surface area contributed by atoms with E-state index in [4.69, 9.17) is 27.9 Å². The highest BCUT2D eigenvalue weighted by Gasteiger charge is 2.11. The summed E-state index contributed by atoms with van der Waals surface area (Å²) in [5, 5.41) is 4.25. The maximum Gasteiger partial charge on any atom is 0.339 e. The van der Waals surface area contributed by atoms with Crippen LogP contribution in [0, 0.1) is 0 Å². The lowest BCUT2D eigenvalue weighted by Gasteiger charge is -2.10. The summed E-state index contributed by atoms with van der Waals surface area (Å²) in [6, 6.07) is 10.8. The standard InChI is InChI=1S/C15H12BrCl2NO2/c1-21-15(20)11-7-10(3-5-13(11)17)19-8-9-2-4-14(18)12(16)6-9/h2-7,19H,8H2,1H3. The Morgan fingerprint density at radius 2 is 1.90 bits per heavy atom. The van der Waals surface area contributed by atoms with E-state index < -0.39 is 5.97 Å². The first-order valence-electron chi connectivity index (χ1n) is 6.07. The lowest BCUT2D eigenvalue weighted by molar-refractivity contribution is 0.0601. The minimum atomic E-state index is -0.460. The van der Waals surface area contributed by atoms with Gasteiger partial charge in [-0.1, -0.05) is 29.3 Å². The molecule has 0 spiro atoms. The van der Waals surface area contributed by atoms with Gasteiger partial charge in [0.2, 0.25) is 0 Å². The number of methoxy groups -OCH3 is 1. The van der Waals surface area contributed by atoms with Crippen molar-refractivity contribution in [1.29, 1.82) is 0 Å². The summed E-state index contributed by atoms with van der Waals surface area (Å²) >= 11 is 15.3. The maximum atomic E-state index is 11.6. The second-order valence-corrected chi connectivity index (χ2v) is 5.96. The van der Waals surface area contributed by atoms with Gasteiger partial charge in [0.25, 0.3) is 0 Å². The van der Waals surface area contributed by atoms with Gasteiger partial charge in [0.05, 0.1) is 22.7 Å². The van der Waals surface area contributed by atoms with Crippen molar-refractivity contribution in [1.82, 2.24) is 0 Å². The van der Waals surface area contributed by atoms with E-state index in [2.05, 4.69) is 21.2 Å². The molecule has 0 fully saturated rings. The predicted octanol–water partition coefficient (Wildman–Crippen LogP) is 5.15. The molecule has 3 nitrogen and oxygen atoms in total. The first-order chi connectivity index (χ1) is 10.0. The van der Waals surface area contributed by atoms with Gasteiger partial charge in [-0.2, -0.15) is 0 Å². The van der Waals surface area contributed by atoms with Gasteiger partial charge in [0, 0.05) is 16.7 Å². The first kappa shape index (κ1) is 16.1. The fourth-order valence-corrected chi connectivity index (χ4v) is 2.49. The summed E-state index contributed by atoms with van der Waals surface area (Å²) in [7, 11) is 1.32. The number of ether oxygens (including phenoxy) is 1. The molecule has 110 valence electrons. The van der Waals surface area contributed by atoms with Crippen LogP contribution in [0.4, 0.5) is 5.69 Å². The van der Waals surface area contributed by atoms with Gasteiger partial charge in [-0.15, -0.1) is 0 Å². The van der Waals surface area contributed by atoms with Crippen molar-refractivity contribution in [3.8, 4) is 0 Å². The third kappa shape index (κ3) is 4.13. The number of hydrogen-bond donors (Lipinski definition) is 1. The van der Waals surface area contributed by atoms with Crippen LogP contribution in [0.3, 0.4) is 0 Å². The molecule has 2 aromatic rings. The van der Waals surface area contributed by atoms with E-state index >= 15 is 0 Å². The SMILES string of the molecule is COC(=O)c1cc(NCc2ccc(Cl)c(Br)c2)ccc1Cl. The van der Waals surface area contributed by atoms with Gasteiger partial charge in [0.1, 0.15) is 0 Å². The van der Waals surface area contributed by atoms with Gasteiger partial charge >= 0.3 is 5.97 Å². The predicted molar refractivity (Wildman–Crippen MR) is 89.3 cm³/mol. The Hall–Kier alpha value is -1.23. The average Bonchev–Trinajstić information content (AvgIpc) is 2.49. The van der Waals surface area contributed by atoms with Crippen LogP contribution in [-0.2, 0) is 11.3 Å². The van der Waals surface area contributed by atoms with Crippen molar-refractivity contribution in [3.05, 3.63) is 62.0 Å². The highest BCUT2D eigenvalue weighted by Crippen LogP contribution is 2.25. The molecule has 0 heterocycles. The van der Waals surface area contributed by atoms with Crippen molar-refractivity contribution in [2.24, 2.45) is 0 Å². The zero-order chi connectivity index (χ0) is 15.4. The molecular formula is C15H12BrCl2NO2. The molecule has 21 heavy (non-hydrogen) atoms. The molecule has 0 atom stereocenters. The highest BCUT2D eigenvalue weighted by atomic mass is 79.9. The molecule has 0 aliphatic rings. The van der Waals surface area contributed by atoms with Crippen LogP contribution >= 0.6 is 39.1 Å². The Morgan fingerprint density at radius 1 is 1.19 bits per heavy atom. The molecule has 0 saturated heterocycles. The summed E-state index contributed by atoms with van der Waals surface area (Å²) < 4.78 is 5.53. The van der Waals surface area contributed by atoms with Crippen molar-refractivity contribution in [2.75, 3.05) is 12.4 Å². The van der Waals surface area contributed by atoms with Gasteiger partial charge in [-0.05, 0) is 51.8 Å². The lowest BCUT2D eigenvalue weighted by atomic mass is 10.2. The quantitative estimate of drug-likeness (QED) is 0.735. The van der Waals surface area contributed by atoms with E-state index in [-0.39, 0.29) is 0 Å². The van der Waals surface area contributed by atoms with E-state index in [0.29, 0.717) is 22.2 Å². The van der Waals surface area contributed by atoms with Crippen molar-refractivity contribution < 1.29 is 9.53 Å². The zero-order valence-corrected chi connectivity index (χ0v) is 14.2. The van der Waals surface area contributed by atoms with E-state index in [0.717, 1.165) is 15.7 Å². The van der Waals surface area contributed by atoms with Crippen molar-refractivity contribution in [2.45, 2.75) is 6.54 Å². The number of esters is 1. The van der Waals surface area contributed by atoms with E-state index in [1.165, 1.54) is 7.11 Å². The Balaban J connectivity index is 2.13.